The first-order valence-corrected chi connectivity index (χ1v) is 3.50. The van der Waals surface area contributed by atoms with E-state index in [1.165, 1.54) is 11.8 Å². The summed E-state index contributed by atoms with van der Waals surface area (Å²) < 4.78 is 0. The lowest BCUT2D eigenvalue weighted by molar-refractivity contribution is 1.12. The van der Waals surface area contributed by atoms with Crippen molar-refractivity contribution in [1.29, 1.82) is 5.26 Å². The predicted octanol–water partition coefficient (Wildman–Crippen LogP) is 1.83. The lowest BCUT2D eigenvalue weighted by Gasteiger charge is -1.82. The van der Waals surface area contributed by atoms with Crippen LogP contribution in [0.5, 0.6) is 0 Å². The molecule has 0 aliphatic carbocycles. The number of rotatable bonds is 3. The van der Waals surface area contributed by atoms with Gasteiger partial charge in [-0.15, -0.1) is 11.6 Å². The van der Waals surface area contributed by atoms with Gasteiger partial charge >= 0.3 is 0 Å². The minimum atomic E-state index is 0.661. The largest absolute Gasteiger partial charge is 0.185 e. The Labute approximate surface area is 52.7 Å². The third-order valence-electron chi connectivity index (χ3n) is 0.445. The summed E-state index contributed by atoms with van der Waals surface area (Å²) in [7, 11) is 0. The van der Waals surface area contributed by atoms with Crippen molar-refractivity contribution >= 4 is 23.4 Å². The van der Waals surface area contributed by atoms with E-state index in [-0.39, 0.29) is 0 Å². The molecule has 7 heavy (non-hydrogen) atoms. The highest BCUT2D eigenvalue weighted by Crippen LogP contribution is 1.98. The summed E-state index contributed by atoms with van der Waals surface area (Å²) in [5, 5.41) is 9.92. The summed E-state index contributed by atoms with van der Waals surface area (Å²) in [6.45, 7) is 0. The van der Waals surface area contributed by atoms with E-state index in [2.05, 4.69) is 0 Å². The minimum Gasteiger partial charge on any atom is -0.185 e. The van der Waals surface area contributed by atoms with Crippen molar-refractivity contribution in [2.24, 2.45) is 0 Å². The summed E-state index contributed by atoms with van der Waals surface area (Å²) >= 11 is 6.57. The van der Waals surface area contributed by atoms with Gasteiger partial charge in [0.15, 0.2) is 0 Å². The molecule has 3 heteroatoms. The van der Waals surface area contributed by atoms with Crippen LogP contribution in [0, 0.1) is 10.7 Å². The molecule has 0 aliphatic rings. The molecule has 0 heterocycles. The second-order valence-corrected chi connectivity index (χ2v) is 2.24. The topological polar surface area (TPSA) is 23.8 Å². The maximum Gasteiger partial charge on any atom is 0.133 e. The average Bonchev–Trinajstić information content (AvgIpc) is 1.69. The molecule has 40 valence electrons. The fraction of sp³-hybridized carbons (Fsp3) is 0.750. The van der Waals surface area contributed by atoms with Crippen LogP contribution in [0.2, 0.25) is 0 Å². The van der Waals surface area contributed by atoms with Crippen LogP contribution in [0.1, 0.15) is 6.42 Å². The van der Waals surface area contributed by atoms with E-state index in [9.17, 15) is 0 Å². The van der Waals surface area contributed by atoms with Gasteiger partial charge in [-0.3, -0.25) is 0 Å². The number of thiocyanates is 1. The average molecular weight is 136 g/mol. The zero-order valence-electron chi connectivity index (χ0n) is 3.85. The Morgan fingerprint density at radius 3 is 2.86 bits per heavy atom. The van der Waals surface area contributed by atoms with Gasteiger partial charge in [-0.1, -0.05) is 0 Å². The van der Waals surface area contributed by atoms with Crippen molar-refractivity contribution in [2.45, 2.75) is 6.42 Å². The molecule has 0 bridgehead atoms. The highest BCUT2D eigenvalue weighted by atomic mass is 35.5. The minimum absolute atomic E-state index is 0.661. The zero-order chi connectivity index (χ0) is 5.54. The summed E-state index contributed by atoms with van der Waals surface area (Å²) in [6.07, 6.45) is 0.930. The highest BCUT2D eigenvalue weighted by molar-refractivity contribution is 8.03. The van der Waals surface area contributed by atoms with Crippen LogP contribution in [0.4, 0.5) is 0 Å². The van der Waals surface area contributed by atoms with E-state index in [0.29, 0.717) is 5.88 Å². The molecule has 0 spiro atoms. The molecule has 0 amide bonds. The van der Waals surface area contributed by atoms with E-state index < -0.39 is 0 Å². The van der Waals surface area contributed by atoms with Gasteiger partial charge in [0.2, 0.25) is 0 Å². The zero-order valence-corrected chi connectivity index (χ0v) is 5.43. The molecular weight excluding hydrogens is 130 g/mol. The number of nitrogens with zero attached hydrogens (tertiary/aromatic N) is 1. The number of thioether (sulfide) groups is 1. The Hall–Kier alpha value is 0.130. The second kappa shape index (κ2) is 6.13. The Bertz CT molecular complexity index is 68.6. The summed E-state index contributed by atoms with van der Waals surface area (Å²) in [4.78, 5) is 0. The van der Waals surface area contributed by atoms with Gasteiger partial charge in [-0.2, -0.15) is 5.26 Å². The maximum atomic E-state index is 7.96. The van der Waals surface area contributed by atoms with E-state index in [1.807, 2.05) is 5.40 Å². The molecule has 0 aliphatic heterocycles. The van der Waals surface area contributed by atoms with Gasteiger partial charge in [0.1, 0.15) is 5.40 Å². The molecule has 0 radical (unpaired) electrons. The van der Waals surface area contributed by atoms with Gasteiger partial charge in [-0.25, -0.2) is 0 Å². The number of hydrogen-bond donors (Lipinski definition) is 0. The standard InChI is InChI=1S/C4H6ClNS/c5-2-1-3-7-4-6/h1-3H2. The Morgan fingerprint density at radius 1 is 1.71 bits per heavy atom. The van der Waals surface area contributed by atoms with Crippen molar-refractivity contribution in [3.8, 4) is 5.40 Å². The maximum absolute atomic E-state index is 7.96. The second-order valence-electron chi connectivity index (χ2n) is 0.982. The molecule has 0 unspecified atom stereocenters. The number of nitriles is 1. The smallest absolute Gasteiger partial charge is 0.133 e. The first-order chi connectivity index (χ1) is 3.41. The molecule has 0 atom stereocenters. The fourth-order valence-corrected chi connectivity index (χ4v) is 0.844. The van der Waals surface area contributed by atoms with Crippen molar-refractivity contribution in [2.75, 3.05) is 11.6 Å². The van der Waals surface area contributed by atoms with Gasteiger partial charge in [0.25, 0.3) is 0 Å². The van der Waals surface area contributed by atoms with Crippen LogP contribution in [0.25, 0.3) is 0 Å². The first-order valence-electron chi connectivity index (χ1n) is 1.98. The van der Waals surface area contributed by atoms with Crippen LogP contribution >= 0.6 is 23.4 Å². The van der Waals surface area contributed by atoms with E-state index in [4.69, 9.17) is 16.9 Å². The Balaban J connectivity index is 2.60. The van der Waals surface area contributed by atoms with Gasteiger partial charge in [0, 0.05) is 11.6 Å². The van der Waals surface area contributed by atoms with Crippen molar-refractivity contribution in [1.82, 2.24) is 0 Å². The van der Waals surface area contributed by atoms with Gasteiger partial charge in [-0.05, 0) is 18.2 Å². The SMILES string of the molecule is N#CSCCCCl. The van der Waals surface area contributed by atoms with Crippen LogP contribution in [-0.4, -0.2) is 11.6 Å². The third-order valence-corrected chi connectivity index (χ3v) is 1.33. The third kappa shape index (κ3) is 6.13. The molecular formula is C4H6ClNS. The van der Waals surface area contributed by atoms with Crippen molar-refractivity contribution in [3.05, 3.63) is 0 Å². The van der Waals surface area contributed by atoms with Crippen molar-refractivity contribution in [3.63, 3.8) is 0 Å². The van der Waals surface area contributed by atoms with Crippen LogP contribution in [0.3, 0.4) is 0 Å². The molecule has 0 fully saturated rings. The molecule has 0 N–H and O–H groups in total. The summed E-state index contributed by atoms with van der Waals surface area (Å²) in [5.74, 6) is 1.52. The molecule has 0 saturated carbocycles. The van der Waals surface area contributed by atoms with Crippen LogP contribution in [-0.2, 0) is 0 Å². The monoisotopic (exact) mass is 135 g/mol. The predicted molar refractivity (Wildman–Crippen MR) is 33.4 cm³/mol. The molecule has 0 rings (SSSR count). The summed E-state index contributed by atoms with van der Waals surface area (Å²) in [5.41, 5.74) is 0. The van der Waals surface area contributed by atoms with Crippen LogP contribution < -0.4 is 0 Å². The lowest BCUT2D eigenvalue weighted by Crippen LogP contribution is -1.75. The van der Waals surface area contributed by atoms with E-state index >= 15 is 0 Å². The fourth-order valence-electron chi connectivity index (χ4n) is 0.172. The number of hydrogen-bond acceptors (Lipinski definition) is 2. The van der Waals surface area contributed by atoms with Gasteiger partial charge in [0.05, 0.1) is 0 Å². The highest BCUT2D eigenvalue weighted by Gasteiger charge is 1.81. The molecule has 0 saturated heterocycles. The van der Waals surface area contributed by atoms with E-state index in [1.54, 1.807) is 0 Å². The van der Waals surface area contributed by atoms with Gasteiger partial charge < -0.3 is 0 Å². The normalized spacial score (nSPS) is 8.00. The quantitative estimate of drug-likeness (QED) is 0.335. The lowest BCUT2D eigenvalue weighted by atomic mass is 10.6. The molecule has 0 aromatic carbocycles. The van der Waals surface area contributed by atoms with Crippen LogP contribution in [0.15, 0.2) is 0 Å². The molecule has 1 nitrogen and oxygen atoms in total. The first kappa shape index (κ1) is 7.13. The Morgan fingerprint density at radius 2 is 2.43 bits per heavy atom. The number of halogens is 1. The number of alkyl halides is 1. The van der Waals surface area contributed by atoms with E-state index in [0.717, 1.165) is 12.2 Å². The molecule has 0 aromatic heterocycles. The van der Waals surface area contributed by atoms with Crippen molar-refractivity contribution < 1.29 is 0 Å². The molecule has 0 aromatic rings. The summed E-state index contributed by atoms with van der Waals surface area (Å²) in [6, 6.07) is 0. The Kier molecular flexibility index (Phi) is 6.24.